The summed E-state index contributed by atoms with van der Waals surface area (Å²) in [5.41, 5.74) is 0.581. The number of anilines is 1. The molecule has 0 saturated carbocycles. The quantitative estimate of drug-likeness (QED) is 0.856. The largest absolute Gasteiger partial charge is 0.266 e. The first kappa shape index (κ1) is 14.0. The van der Waals surface area contributed by atoms with Crippen molar-refractivity contribution in [2.75, 3.05) is 10.8 Å². The average molecular weight is 342 g/mol. The van der Waals surface area contributed by atoms with Crippen LogP contribution in [0.1, 0.15) is 6.92 Å². The van der Waals surface area contributed by atoms with Crippen molar-refractivity contribution in [3.63, 3.8) is 0 Å². The van der Waals surface area contributed by atoms with Gasteiger partial charge in [-0.2, -0.15) is 0 Å². The third kappa shape index (κ3) is 2.93. The molecule has 0 aliphatic heterocycles. The van der Waals surface area contributed by atoms with Gasteiger partial charge in [-0.05, 0) is 41.1 Å². The smallest absolute Gasteiger partial charge is 0.265 e. The first-order chi connectivity index (χ1) is 9.05. The molecule has 100 valence electrons. The van der Waals surface area contributed by atoms with Crippen molar-refractivity contribution in [3.05, 3.63) is 47.5 Å². The highest BCUT2D eigenvalue weighted by atomic mass is 79.9. The van der Waals surface area contributed by atoms with E-state index in [0.29, 0.717) is 16.7 Å². The van der Waals surface area contributed by atoms with Gasteiger partial charge in [0.25, 0.3) is 10.0 Å². The van der Waals surface area contributed by atoms with Gasteiger partial charge in [0.15, 0.2) is 0 Å². The first-order valence-corrected chi connectivity index (χ1v) is 7.82. The summed E-state index contributed by atoms with van der Waals surface area (Å²) in [6, 6.07) is 4.85. The van der Waals surface area contributed by atoms with Crippen LogP contribution < -0.4 is 4.31 Å². The second-order valence-corrected chi connectivity index (χ2v) is 6.49. The Labute approximate surface area is 120 Å². The summed E-state index contributed by atoms with van der Waals surface area (Å²) in [4.78, 5) is 7.94. The molecule has 2 aromatic rings. The molecule has 0 spiro atoms. The molecule has 0 fully saturated rings. The minimum absolute atomic E-state index is 0.153. The second-order valence-electron chi connectivity index (χ2n) is 3.71. The highest BCUT2D eigenvalue weighted by Gasteiger charge is 2.23. The minimum Gasteiger partial charge on any atom is -0.266 e. The van der Waals surface area contributed by atoms with Gasteiger partial charge < -0.3 is 0 Å². The van der Waals surface area contributed by atoms with Crippen LogP contribution in [-0.2, 0) is 10.0 Å². The second kappa shape index (κ2) is 5.66. The molecule has 0 radical (unpaired) electrons. The molecule has 5 nitrogen and oxygen atoms in total. The molecular formula is C12H12BrN3O2S. The number of nitrogens with zero attached hydrogens (tertiary/aromatic N) is 3. The van der Waals surface area contributed by atoms with E-state index < -0.39 is 10.0 Å². The summed E-state index contributed by atoms with van der Waals surface area (Å²) >= 11 is 3.23. The maximum atomic E-state index is 12.6. The van der Waals surface area contributed by atoms with Gasteiger partial charge in [-0.1, -0.05) is 0 Å². The standard InChI is InChI=1S/C12H12BrN3O2S/c1-2-16(11-3-5-14-6-4-11)19(17,18)12-7-10(13)8-15-9-12/h3-9H,2H2,1H3. The van der Waals surface area contributed by atoms with Gasteiger partial charge in [0.1, 0.15) is 4.90 Å². The Morgan fingerprint density at radius 1 is 1.21 bits per heavy atom. The maximum Gasteiger partial charge on any atom is 0.265 e. The normalized spacial score (nSPS) is 11.3. The van der Waals surface area contributed by atoms with E-state index in [0.717, 1.165) is 0 Å². The summed E-state index contributed by atoms with van der Waals surface area (Å²) in [6.07, 6.45) is 6.00. The van der Waals surface area contributed by atoms with Crippen molar-refractivity contribution in [1.82, 2.24) is 9.97 Å². The van der Waals surface area contributed by atoms with Gasteiger partial charge in [0.2, 0.25) is 0 Å². The molecule has 2 rings (SSSR count). The van der Waals surface area contributed by atoms with E-state index in [1.165, 1.54) is 16.6 Å². The molecule has 0 bridgehead atoms. The highest BCUT2D eigenvalue weighted by Crippen LogP contribution is 2.23. The summed E-state index contributed by atoms with van der Waals surface area (Å²) in [6.45, 7) is 2.11. The van der Waals surface area contributed by atoms with Gasteiger partial charge in [0, 0.05) is 35.8 Å². The van der Waals surface area contributed by atoms with Crippen LogP contribution in [0.25, 0.3) is 0 Å². The zero-order chi connectivity index (χ0) is 13.9. The first-order valence-electron chi connectivity index (χ1n) is 5.59. The van der Waals surface area contributed by atoms with Crippen molar-refractivity contribution >= 4 is 31.6 Å². The lowest BCUT2D eigenvalue weighted by Crippen LogP contribution is -2.30. The van der Waals surface area contributed by atoms with Crippen molar-refractivity contribution in [2.45, 2.75) is 11.8 Å². The number of hydrogen-bond donors (Lipinski definition) is 0. The van der Waals surface area contributed by atoms with Crippen LogP contribution in [0.3, 0.4) is 0 Å². The van der Waals surface area contributed by atoms with Gasteiger partial charge in [-0.15, -0.1) is 0 Å². The van der Waals surface area contributed by atoms with Crippen LogP contribution in [0.5, 0.6) is 0 Å². The minimum atomic E-state index is -3.61. The monoisotopic (exact) mass is 341 g/mol. The third-order valence-electron chi connectivity index (χ3n) is 2.51. The summed E-state index contributed by atoms with van der Waals surface area (Å²) < 4.78 is 27.1. The molecule has 7 heteroatoms. The molecule has 0 N–H and O–H groups in total. The lowest BCUT2D eigenvalue weighted by atomic mass is 10.4. The molecule has 2 heterocycles. The van der Waals surface area contributed by atoms with E-state index in [-0.39, 0.29) is 4.90 Å². The summed E-state index contributed by atoms with van der Waals surface area (Å²) in [5.74, 6) is 0. The van der Waals surface area contributed by atoms with Gasteiger partial charge in [-0.25, -0.2) is 8.42 Å². The third-order valence-corrected chi connectivity index (χ3v) is 4.81. The topological polar surface area (TPSA) is 63.2 Å². The summed E-state index contributed by atoms with van der Waals surface area (Å²) in [5, 5.41) is 0. The predicted octanol–water partition coefficient (Wildman–Crippen LogP) is 2.45. The zero-order valence-electron chi connectivity index (χ0n) is 10.2. The molecule has 2 aromatic heterocycles. The van der Waals surface area contributed by atoms with Crippen LogP contribution in [0.2, 0.25) is 0 Å². The van der Waals surface area contributed by atoms with Crippen molar-refractivity contribution in [2.24, 2.45) is 0 Å². The number of halogens is 1. The fourth-order valence-electron chi connectivity index (χ4n) is 1.66. The number of pyridine rings is 2. The van der Waals surface area contributed by atoms with E-state index in [1.54, 1.807) is 37.6 Å². The molecule has 0 aromatic carbocycles. The molecule has 0 atom stereocenters. The fourth-order valence-corrected chi connectivity index (χ4v) is 3.64. The SMILES string of the molecule is CCN(c1ccncc1)S(=O)(=O)c1cncc(Br)c1. The molecular weight excluding hydrogens is 330 g/mol. The van der Waals surface area contributed by atoms with E-state index in [4.69, 9.17) is 0 Å². The van der Waals surface area contributed by atoms with E-state index >= 15 is 0 Å². The van der Waals surface area contributed by atoms with Crippen LogP contribution in [0, 0.1) is 0 Å². The number of aromatic nitrogens is 2. The van der Waals surface area contributed by atoms with Crippen molar-refractivity contribution < 1.29 is 8.42 Å². The zero-order valence-corrected chi connectivity index (χ0v) is 12.6. The molecule has 19 heavy (non-hydrogen) atoms. The Balaban J connectivity index is 2.48. The maximum absolute atomic E-state index is 12.6. The number of rotatable bonds is 4. The Hall–Kier alpha value is -1.47. The van der Waals surface area contributed by atoms with Crippen LogP contribution in [-0.4, -0.2) is 24.9 Å². The predicted molar refractivity (Wildman–Crippen MR) is 76.4 cm³/mol. The van der Waals surface area contributed by atoms with Gasteiger partial charge in [0.05, 0.1) is 5.69 Å². The highest BCUT2D eigenvalue weighted by molar-refractivity contribution is 9.10. The van der Waals surface area contributed by atoms with Gasteiger partial charge >= 0.3 is 0 Å². The van der Waals surface area contributed by atoms with Crippen molar-refractivity contribution in [3.8, 4) is 0 Å². The molecule has 0 unspecified atom stereocenters. The molecule has 0 saturated heterocycles. The molecule has 0 amide bonds. The van der Waals surface area contributed by atoms with Gasteiger partial charge in [-0.3, -0.25) is 14.3 Å². The van der Waals surface area contributed by atoms with E-state index in [2.05, 4.69) is 25.9 Å². The van der Waals surface area contributed by atoms with Crippen LogP contribution >= 0.6 is 15.9 Å². The van der Waals surface area contributed by atoms with Crippen LogP contribution in [0.4, 0.5) is 5.69 Å². The number of sulfonamides is 1. The fraction of sp³-hybridized carbons (Fsp3) is 0.167. The van der Waals surface area contributed by atoms with E-state index in [1.807, 2.05) is 0 Å². The Morgan fingerprint density at radius 3 is 2.47 bits per heavy atom. The lowest BCUT2D eigenvalue weighted by Gasteiger charge is -2.22. The average Bonchev–Trinajstić information content (AvgIpc) is 2.40. The number of hydrogen-bond acceptors (Lipinski definition) is 4. The Bertz CT molecular complexity index is 662. The van der Waals surface area contributed by atoms with Crippen LogP contribution in [0.15, 0.2) is 52.4 Å². The Morgan fingerprint density at radius 2 is 1.89 bits per heavy atom. The van der Waals surface area contributed by atoms with Crippen molar-refractivity contribution in [1.29, 1.82) is 0 Å². The lowest BCUT2D eigenvalue weighted by molar-refractivity contribution is 0.591. The molecule has 0 aliphatic rings. The summed E-state index contributed by atoms with van der Waals surface area (Å²) in [7, 11) is -3.61. The van der Waals surface area contributed by atoms with E-state index in [9.17, 15) is 8.42 Å². The molecule has 0 aliphatic carbocycles. The Kier molecular flexibility index (Phi) is 4.16.